The number of esters is 3. The highest BCUT2D eigenvalue weighted by atomic mass is 16.6. The van der Waals surface area contributed by atoms with E-state index in [4.69, 9.17) is 19.3 Å². The van der Waals surface area contributed by atoms with Gasteiger partial charge in [-0.3, -0.25) is 9.59 Å². The van der Waals surface area contributed by atoms with Gasteiger partial charge in [0.1, 0.15) is 5.75 Å². The third-order valence-corrected chi connectivity index (χ3v) is 10.9. The zero-order valence-electron chi connectivity index (χ0n) is 36.9. The number of carboxylic acids is 1. The molecule has 0 unspecified atom stereocenters. The van der Waals surface area contributed by atoms with Crippen molar-refractivity contribution in [3.05, 3.63) is 71.3 Å². The SMILES string of the molecule is CCCCCCCCCCCCCCCCOC(=O)C(C=Cc1ccc(C(=O)Oc2ccc(C(=O)O)cc2)cc1)C(=O)OCCCCCCCCCCCCCCCC. The molecule has 0 fully saturated rings. The number of aromatic carboxylic acids is 1. The van der Waals surface area contributed by atoms with E-state index in [0.717, 1.165) is 38.5 Å². The molecule has 330 valence electrons. The standard InChI is InChI=1S/C51H78O8/c1-3-5-7-9-11-13-15-17-19-21-23-25-27-29-41-57-50(55)47(51(56)58-42-30-28-26-24-22-20-18-16-14-12-10-8-6-4-2)40-33-43-31-34-45(35-32-43)49(54)59-46-38-36-44(37-39-46)48(52)53/h31-40,47H,3-30,41-42H2,1-2H3,(H,52,53). The topological polar surface area (TPSA) is 116 Å². The zero-order chi connectivity index (χ0) is 42.6. The van der Waals surface area contributed by atoms with Gasteiger partial charge in [-0.2, -0.15) is 0 Å². The second kappa shape index (κ2) is 34.9. The summed E-state index contributed by atoms with van der Waals surface area (Å²) in [4.78, 5) is 50.2. The lowest BCUT2D eigenvalue weighted by Crippen LogP contribution is -2.27. The fraction of sp³-hybridized carbons (Fsp3) is 0.647. The van der Waals surface area contributed by atoms with Crippen LogP contribution >= 0.6 is 0 Å². The van der Waals surface area contributed by atoms with Gasteiger partial charge in [0.15, 0.2) is 5.92 Å². The Hall–Kier alpha value is -3.94. The maximum absolute atomic E-state index is 13.2. The van der Waals surface area contributed by atoms with E-state index in [-0.39, 0.29) is 24.5 Å². The molecule has 8 heteroatoms. The lowest BCUT2D eigenvalue weighted by Gasteiger charge is -2.13. The van der Waals surface area contributed by atoms with Gasteiger partial charge < -0.3 is 19.3 Å². The molecule has 0 saturated heterocycles. The van der Waals surface area contributed by atoms with Gasteiger partial charge >= 0.3 is 23.9 Å². The van der Waals surface area contributed by atoms with Gasteiger partial charge in [-0.15, -0.1) is 0 Å². The normalized spacial score (nSPS) is 11.3. The fourth-order valence-corrected chi connectivity index (χ4v) is 7.14. The van der Waals surface area contributed by atoms with Crippen LogP contribution in [0, 0.1) is 5.92 Å². The lowest BCUT2D eigenvalue weighted by atomic mass is 10.0. The van der Waals surface area contributed by atoms with Crippen LogP contribution in [0.1, 0.15) is 220 Å². The first-order chi connectivity index (χ1) is 28.8. The molecule has 0 aliphatic rings. The Morgan fingerprint density at radius 2 is 0.814 bits per heavy atom. The number of ether oxygens (including phenoxy) is 3. The highest BCUT2D eigenvalue weighted by Gasteiger charge is 2.27. The van der Waals surface area contributed by atoms with Gasteiger partial charge in [0, 0.05) is 0 Å². The molecule has 0 amide bonds. The molecule has 0 bridgehead atoms. The quantitative estimate of drug-likeness (QED) is 0.0310. The summed E-state index contributed by atoms with van der Waals surface area (Å²) in [5.41, 5.74) is 1.06. The number of hydrogen-bond donors (Lipinski definition) is 1. The van der Waals surface area contributed by atoms with Crippen LogP contribution in [0.2, 0.25) is 0 Å². The van der Waals surface area contributed by atoms with Crippen LogP contribution in [0.25, 0.3) is 6.08 Å². The Balaban J connectivity index is 1.78. The number of rotatable bonds is 37. The highest BCUT2D eigenvalue weighted by Crippen LogP contribution is 2.18. The van der Waals surface area contributed by atoms with Crippen LogP contribution in [0.3, 0.4) is 0 Å². The molecule has 2 aromatic rings. The Morgan fingerprint density at radius 1 is 0.475 bits per heavy atom. The summed E-state index contributed by atoms with van der Waals surface area (Å²) in [5, 5.41) is 9.08. The molecule has 0 aliphatic heterocycles. The van der Waals surface area contributed by atoms with Crippen molar-refractivity contribution in [2.75, 3.05) is 13.2 Å². The van der Waals surface area contributed by atoms with E-state index in [0.29, 0.717) is 11.1 Å². The number of carbonyl (C=O) groups excluding carboxylic acids is 3. The first-order valence-corrected chi connectivity index (χ1v) is 23.5. The molecule has 2 rings (SSSR count). The van der Waals surface area contributed by atoms with E-state index in [2.05, 4.69) is 13.8 Å². The molecule has 0 heterocycles. The predicted molar refractivity (Wildman–Crippen MR) is 240 cm³/mol. The fourth-order valence-electron chi connectivity index (χ4n) is 7.14. The number of benzene rings is 2. The van der Waals surface area contributed by atoms with E-state index >= 15 is 0 Å². The molecule has 1 N–H and O–H groups in total. The maximum atomic E-state index is 13.2. The molecule has 59 heavy (non-hydrogen) atoms. The summed E-state index contributed by atoms with van der Waals surface area (Å²) in [6.45, 7) is 5.05. The van der Waals surface area contributed by atoms with E-state index in [1.165, 1.54) is 172 Å². The molecule has 0 radical (unpaired) electrons. The summed E-state index contributed by atoms with van der Waals surface area (Å²) < 4.78 is 16.6. The third-order valence-electron chi connectivity index (χ3n) is 10.9. The second-order valence-corrected chi connectivity index (χ2v) is 16.2. The molecule has 8 nitrogen and oxygen atoms in total. The summed E-state index contributed by atoms with van der Waals surface area (Å²) in [5.74, 6) is -3.85. The Bertz CT molecular complexity index is 1370. The van der Waals surface area contributed by atoms with Crippen molar-refractivity contribution < 1.29 is 38.5 Å². The Kier molecular flexibility index (Phi) is 30.3. The summed E-state index contributed by atoms with van der Waals surface area (Å²) in [6.07, 6.45) is 37.9. The maximum Gasteiger partial charge on any atom is 0.343 e. The summed E-state index contributed by atoms with van der Waals surface area (Å²) in [6, 6.07) is 12.1. The zero-order valence-corrected chi connectivity index (χ0v) is 36.9. The minimum Gasteiger partial charge on any atom is -0.478 e. The first-order valence-electron chi connectivity index (χ1n) is 23.5. The van der Waals surface area contributed by atoms with Crippen LogP contribution in [-0.4, -0.2) is 42.2 Å². The van der Waals surface area contributed by atoms with Gasteiger partial charge in [0.2, 0.25) is 0 Å². The van der Waals surface area contributed by atoms with Crippen molar-refractivity contribution in [2.45, 2.75) is 194 Å². The summed E-state index contributed by atoms with van der Waals surface area (Å²) >= 11 is 0. The van der Waals surface area contributed by atoms with Crippen molar-refractivity contribution >= 4 is 30.0 Å². The average Bonchev–Trinajstić information content (AvgIpc) is 3.24. The van der Waals surface area contributed by atoms with Crippen molar-refractivity contribution in [1.29, 1.82) is 0 Å². The second-order valence-electron chi connectivity index (χ2n) is 16.2. The Morgan fingerprint density at radius 3 is 1.17 bits per heavy atom. The van der Waals surface area contributed by atoms with Crippen LogP contribution in [0.5, 0.6) is 5.75 Å². The number of carbonyl (C=O) groups is 4. The molecular weight excluding hydrogens is 741 g/mol. The van der Waals surface area contributed by atoms with Gasteiger partial charge in [0.25, 0.3) is 0 Å². The lowest BCUT2D eigenvalue weighted by molar-refractivity contribution is -0.159. The molecule has 0 saturated carbocycles. The summed E-state index contributed by atoms with van der Waals surface area (Å²) in [7, 11) is 0. The van der Waals surface area contributed by atoms with Crippen molar-refractivity contribution in [1.82, 2.24) is 0 Å². The van der Waals surface area contributed by atoms with Gasteiger partial charge in [-0.05, 0) is 54.8 Å². The van der Waals surface area contributed by atoms with E-state index in [1.54, 1.807) is 30.3 Å². The van der Waals surface area contributed by atoms with Gasteiger partial charge in [0.05, 0.1) is 24.3 Å². The van der Waals surface area contributed by atoms with Crippen molar-refractivity contribution in [2.24, 2.45) is 5.92 Å². The van der Waals surface area contributed by atoms with Crippen LogP contribution < -0.4 is 4.74 Å². The molecule has 2 aromatic carbocycles. The van der Waals surface area contributed by atoms with E-state index < -0.39 is 29.8 Å². The third kappa shape index (κ3) is 26.0. The molecule has 0 aromatic heterocycles. The minimum atomic E-state index is -1.19. The average molecular weight is 819 g/mol. The molecular formula is C51H78O8. The molecule has 0 atom stereocenters. The van der Waals surface area contributed by atoms with Gasteiger partial charge in [-0.25, -0.2) is 9.59 Å². The monoisotopic (exact) mass is 819 g/mol. The van der Waals surface area contributed by atoms with E-state index in [9.17, 15) is 19.2 Å². The van der Waals surface area contributed by atoms with Crippen molar-refractivity contribution in [3.63, 3.8) is 0 Å². The smallest absolute Gasteiger partial charge is 0.343 e. The number of unbranched alkanes of at least 4 members (excludes halogenated alkanes) is 26. The van der Waals surface area contributed by atoms with Crippen LogP contribution in [0.15, 0.2) is 54.6 Å². The van der Waals surface area contributed by atoms with Crippen LogP contribution in [-0.2, 0) is 19.1 Å². The molecule has 0 spiro atoms. The Labute approximate surface area is 357 Å². The first kappa shape index (κ1) is 51.2. The van der Waals surface area contributed by atoms with Gasteiger partial charge in [-0.1, -0.05) is 205 Å². The van der Waals surface area contributed by atoms with E-state index in [1.807, 2.05) is 0 Å². The van der Waals surface area contributed by atoms with Crippen LogP contribution in [0.4, 0.5) is 0 Å². The highest BCUT2D eigenvalue weighted by molar-refractivity contribution is 5.98. The largest absolute Gasteiger partial charge is 0.478 e. The minimum absolute atomic E-state index is 0.0941. The molecule has 0 aliphatic carbocycles. The van der Waals surface area contributed by atoms with Crippen molar-refractivity contribution in [3.8, 4) is 5.75 Å². The number of carboxylic acid groups (broad SMARTS) is 1. The number of hydrogen-bond acceptors (Lipinski definition) is 7. The predicted octanol–water partition coefficient (Wildman–Crippen LogP) is 14.3.